The Kier molecular flexibility index (Phi) is 2.99. The summed E-state index contributed by atoms with van der Waals surface area (Å²) in [5.74, 6) is -0.900. The largest absolute Gasteiger partial charge is 0.480 e. The maximum atomic E-state index is 10.3. The SMILES string of the molecule is CC(N=Cc1cccs1)C(=O)O. The van der Waals surface area contributed by atoms with Crippen LogP contribution in [0.15, 0.2) is 22.5 Å². The molecule has 0 fully saturated rings. The maximum Gasteiger partial charge on any atom is 0.328 e. The van der Waals surface area contributed by atoms with E-state index in [2.05, 4.69) is 4.99 Å². The standard InChI is InChI=1S/C8H9NO2S/c1-6(8(10)11)9-5-7-3-2-4-12-7/h2-6H,1H3,(H,10,11). The van der Waals surface area contributed by atoms with Gasteiger partial charge in [0, 0.05) is 11.1 Å². The van der Waals surface area contributed by atoms with E-state index in [1.165, 1.54) is 11.3 Å². The number of thiophene rings is 1. The molecule has 0 radical (unpaired) electrons. The van der Waals surface area contributed by atoms with Gasteiger partial charge in [-0.05, 0) is 18.4 Å². The highest BCUT2D eigenvalue weighted by molar-refractivity contribution is 7.11. The van der Waals surface area contributed by atoms with Crippen molar-refractivity contribution in [2.24, 2.45) is 4.99 Å². The summed E-state index contributed by atoms with van der Waals surface area (Å²) in [7, 11) is 0. The quantitative estimate of drug-likeness (QED) is 0.724. The highest BCUT2D eigenvalue weighted by Gasteiger charge is 2.06. The zero-order valence-corrected chi connectivity index (χ0v) is 7.41. The van der Waals surface area contributed by atoms with Crippen LogP contribution in [-0.4, -0.2) is 23.3 Å². The van der Waals surface area contributed by atoms with Crippen molar-refractivity contribution in [2.75, 3.05) is 0 Å². The van der Waals surface area contributed by atoms with E-state index in [1.54, 1.807) is 13.1 Å². The highest BCUT2D eigenvalue weighted by atomic mass is 32.1. The average Bonchev–Trinajstić information content (AvgIpc) is 2.51. The Balaban J connectivity index is 2.56. The first-order valence-electron chi connectivity index (χ1n) is 3.49. The molecule has 0 saturated heterocycles. The molecule has 1 unspecified atom stereocenters. The van der Waals surface area contributed by atoms with E-state index in [0.29, 0.717) is 0 Å². The second-order valence-electron chi connectivity index (χ2n) is 2.31. The van der Waals surface area contributed by atoms with Gasteiger partial charge in [-0.1, -0.05) is 6.07 Å². The molecule has 0 aliphatic carbocycles. The number of rotatable bonds is 3. The van der Waals surface area contributed by atoms with Gasteiger partial charge in [0.2, 0.25) is 0 Å². The molecule has 4 heteroatoms. The molecule has 1 atom stereocenters. The summed E-state index contributed by atoms with van der Waals surface area (Å²) >= 11 is 1.53. The molecule has 1 rings (SSSR count). The maximum absolute atomic E-state index is 10.3. The Bertz CT molecular complexity index is 279. The van der Waals surface area contributed by atoms with Gasteiger partial charge in [0.15, 0.2) is 0 Å². The van der Waals surface area contributed by atoms with Crippen LogP contribution in [0.5, 0.6) is 0 Å². The third kappa shape index (κ3) is 2.47. The van der Waals surface area contributed by atoms with Crippen LogP contribution in [0.3, 0.4) is 0 Å². The molecule has 0 bridgehead atoms. The van der Waals surface area contributed by atoms with Crippen LogP contribution >= 0.6 is 11.3 Å². The van der Waals surface area contributed by atoms with E-state index < -0.39 is 12.0 Å². The fourth-order valence-electron chi connectivity index (χ4n) is 0.614. The molecule has 0 spiro atoms. The van der Waals surface area contributed by atoms with Crippen molar-refractivity contribution in [3.05, 3.63) is 22.4 Å². The lowest BCUT2D eigenvalue weighted by atomic mass is 10.4. The molecule has 64 valence electrons. The molecule has 1 N–H and O–H groups in total. The lowest BCUT2D eigenvalue weighted by Crippen LogP contribution is -2.12. The molecule has 3 nitrogen and oxygen atoms in total. The molecule has 0 saturated carbocycles. The number of aliphatic carboxylic acids is 1. The zero-order chi connectivity index (χ0) is 8.97. The van der Waals surface area contributed by atoms with Crippen LogP contribution in [0.4, 0.5) is 0 Å². The Hall–Kier alpha value is -1.16. The molecule has 12 heavy (non-hydrogen) atoms. The molecule has 0 amide bonds. The van der Waals surface area contributed by atoms with Crippen molar-refractivity contribution in [3.63, 3.8) is 0 Å². The summed E-state index contributed by atoms with van der Waals surface area (Å²) in [6.45, 7) is 1.55. The van der Waals surface area contributed by atoms with E-state index in [9.17, 15) is 4.79 Å². The Labute approximate surface area is 74.4 Å². The molecular weight excluding hydrogens is 174 g/mol. The molecule has 0 aliphatic rings. The molecule has 0 aromatic carbocycles. The average molecular weight is 183 g/mol. The normalized spacial score (nSPS) is 13.4. The predicted octanol–water partition coefficient (Wildman–Crippen LogP) is 1.64. The smallest absolute Gasteiger partial charge is 0.328 e. The van der Waals surface area contributed by atoms with Crippen LogP contribution in [0.1, 0.15) is 11.8 Å². The second kappa shape index (κ2) is 4.01. The van der Waals surface area contributed by atoms with Gasteiger partial charge in [0.25, 0.3) is 0 Å². The Morgan fingerprint density at radius 2 is 2.58 bits per heavy atom. The third-order valence-electron chi connectivity index (χ3n) is 1.33. The van der Waals surface area contributed by atoms with Crippen LogP contribution in [0.2, 0.25) is 0 Å². The number of hydrogen-bond donors (Lipinski definition) is 1. The minimum atomic E-state index is -0.900. The number of carboxylic acid groups (broad SMARTS) is 1. The predicted molar refractivity (Wildman–Crippen MR) is 49.0 cm³/mol. The van der Waals surface area contributed by atoms with Crippen molar-refractivity contribution in [1.29, 1.82) is 0 Å². The first kappa shape index (κ1) is 8.93. The van der Waals surface area contributed by atoms with Crippen molar-refractivity contribution < 1.29 is 9.90 Å². The van der Waals surface area contributed by atoms with E-state index in [1.807, 2.05) is 17.5 Å². The first-order chi connectivity index (χ1) is 5.70. The zero-order valence-electron chi connectivity index (χ0n) is 6.60. The van der Waals surface area contributed by atoms with Crippen LogP contribution in [-0.2, 0) is 4.79 Å². The van der Waals surface area contributed by atoms with Gasteiger partial charge in [0.1, 0.15) is 6.04 Å². The fourth-order valence-corrected chi connectivity index (χ4v) is 1.21. The van der Waals surface area contributed by atoms with Crippen LogP contribution in [0.25, 0.3) is 0 Å². The summed E-state index contributed by atoms with van der Waals surface area (Å²) in [6, 6.07) is 3.13. The van der Waals surface area contributed by atoms with Crippen molar-refractivity contribution in [2.45, 2.75) is 13.0 Å². The Morgan fingerprint density at radius 3 is 3.08 bits per heavy atom. The van der Waals surface area contributed by atoms with Gasteiger partial charge >= 0.3 is 5.97 Å². The summed E-state index contributed by atoms with van der Waals surface area (Å²) < 4.78 is 0. The highest BCUT2D eigenvalue weighted by Crippen LogP contribution is 2.05. The summed E-state index contributed by atoms with van der Waals surface area (Å²) in [6.07, 6.45) is 1.59. The van der Waals surface area contributed by atoms with Gasteiger partial charge in [-0.25, -0.2) is 4.79 Å². The van der Waals surface area contributed by atoms with Gasteiger partial charge < -0.3 is 5.11 Å². The fraction of sp³-hybridized carbons (Fsp3) is 0.250. The van der Waals surface area contributed by atoms with Gasteiger partial charge in [-0.2, -0.15) is 0 Å². The minimum absolute atomic E-state index is 0.660. The number of nitrogens with zero attached hydrogens (tertiary/aromatic N) is 1. The molecule has 0 aliphatic heterocycles. The van der Waals surface area contributed by atoms with Crippen LogP contribution in [0, 0.1) is 0 Å². The molecule has 1 heterocycles. The minimum Gasteiger partial charge on any atom is -0.480 e. The summed E-state index contributed by atoms with van der Waals surface area (Å²) in [4.78, 5) is 15.2. The van der Waals surface area contributed by atoms with Gasteiger partial charge in [-0.3, -0.25) is 4.99 Å². The number of carboxylic acids is 1. The molecule has 1 aromatic heterocycles. The lowest BCUT2D eigenvalue weighted by Gasteiger charge is -1.95. The van der Waals surface area contributed by atoms with Crippen molar-refractivity contribution in [3.8, 4) is 0 Å². The summed E-state index contributed by atoms with van der Waals surface area (Å²) in [5, 5.41) is 10.4. The first-order valence-corrected chi connectivity index (χ1v) is 4.37. The van der Waals surface area contributed by atoms with Gasteiger partial charge in [-0.15, -0.1) is 11.3 Å². The van der Waals surface area contributed by atoms with E-state index in [0.717, 1.165) is 4.88 Å². The van der Waals surface area contributed by atoms with E-state index in [-0.39, 0.29) is 0 Å². The van der Waals surface area contributed by atoms with Crippen molar-refractivity contribution >= 4 is 23.5 Å². The second-order valence-corrected chi connectivity index (χ2v) is 3.29. The number of aliphatic imine (C=N–C) groups is 1. The Morgan fingerprint density at radius 1 is 1.83 bits per heavy atom. The van der Waals surface area contributed by atoms with E-state index in [4.69, 9.17) is 5.11 Å². The lowest BCUT2D eigenvalue weighted by molar-refractivity contribution is -0.137. The topological polar surface area (TPSA) is 49.7 Å². The van der Waals surface area contributed by atoms with E-state index >= 15 is 0 Å². The van der Waals surface area contributed by atoms with Crippen LogP contribution < -0.4 is 0 Å². The third-order valence-corrected chi connectivity index (χ3v) is 2.13. The number of carbonyl (C=O) groups is 1. The molecular formula is C8H9NO2S. The van der Waals surface area contributed by atoms with Crippen molar-refractivity contribution in [1.82, 2.24) is 0 Å². The number of hydrogen-bond acceptors (Lipinski definition) is 3. The summed E-state index contributed by atoms with van der Waals surface area (Å²) in [5.41, 5.74) is 0. The van der Waals surface area contributed by atoms with Gasteiger partial charge in [0.05, 0.1) is 0 Å². The monoisotopic (exact) mass is 183 g/mol. The molecule has 1 aromatic rings.